The van der Waals surface area contributed by atoms with E-state index in [2.05, 4.69) is 20.3 Å². The van der Waals surface area contributed by atoms with Crippen molar-refractivity contribution in [2.75, 3.05) is 12.4 Å². The van der Waals surface area contributed by atoms with Gasteiger partial charge < -0.3 is 10.3 Å². The van der Waals surface area contributed by atoms with Gasteiger partial charge in [-0.05, 0) is 45.4 Å². The highest BCUT2D eigenvalue weighted by Gasteiger charge is 2.25. The number of aryl methyl sites for hydroxylation is 1. The minimum absolute atomic E-state index is 0.0443. The lowest BCUT2D eigenvalue weighted by Crippen LogP contribution is -2.16. The number of hydrogen-bond donors (Lipinski definition) is 2. The monoisotopic (exact) mass is 382 g/mol. The van der Waals surface area contributed by atoms with E-state index < -0.39 is 5.25 Å². The first-order valence-corrected chi connectivity index (χ1v) is 9.57. The molecule has 7 heteroatoms. The number of aromatic nitrogens is 3. The van der Waals surface area contributed by atoms with E-state index in [1.165, 1.54) is 18.7 Å². The van der Waals surface area contributed by atoms with Crippen LogP contribution >= 0.6 is 11.8 Å². The van der Waals surface area contributed by atoms with Crippen molar-refractivity contribution in [1.29, 1.82) is 0 Å². The van der Waals surface area contributed by atoms with Gasteiger partial charge in [0.2, 0.25) is 0 Å². The lowest BCUT2D eigenvalue weighted by molar-refractivity contribution is 0.0988. The quantitative estimate of drug-likeness (QED) is 0.378. The SMILES string of the molecule is CNc1nc(S[C@@H](C)C(=O)c2[nH]c(C)c(C(C)=O)c2C)nc2ccccc12. The number of H-pyrrole nitrogens is 1. The van der Waals surface area contributed by atoms with E-state index in [1.807, 2.05) is 45.2 Å². The number of nitrogens with zero attached hydrogens (tertiary/aromatic N) is 2. The van der Waals surface area contributed by atoms with Gasteiger partial charge >= 0.3 is 0 Å². The number of anilines is 1. The summed E-state index contributed by atoms with van der Waals surface area (Å²) in [4.78, 5) is 36.9. The van der Waals surface area contributed by atoms with Gasteiger partial charge in [-0.2, -0.15) is 0 Å². The average molecular weight is 382 g/mol. The third-order valence-corrected chi connectivity index (χ3v) is 5.47. The molecular weight excluding hydrogens is 360 g/mol. The number of benzene rings is 1. The summed E-state index contributed by atoms with van der Waals surface area (Å²) in [7, 11) is 1.81. The predicted molar refractivity (Wildman–Crippen MR) is 109 cm³/mol. The Bertz CT molecular complexity index is 1040. The summed E-state index contributed by atoms with van der Waals surface area (Å²) in [6, 6.07) is 7.74. The zero-order valence-corrected chi connectivity index (χ0v) is 16.8. The summed E-state index contributed by atoms with van der Waals surface area (Å²) in [5.41, 5.74) is 3.32. The van der Waals surface area contributed by atoms with E-state index in [4.69, 9.17) is 0 Å². The lowest BCUT2D eigenvalue weighted by Gasteiger charge is -2.11. The standard InChI is InChI=1S/C20H22N4O2S/c1-10-16(12(3)25)11(2)22-17(10)18(26)13(4)27-20-23-15-9-7-6-8-14(15)19(21-5)24-20/h6-9,13,22H,1-5H3,(H,21,23,24)/t13-/m0/s1. The molecule has 0 saturated heterocycles. The summed E-state index contributed by atoms with van der Waals surface area (Å²) < 4.78 is 0. The molecule has 0 aliphatic rings. The Morgan fingerprint density at radius 3 is 2.52 bits per heavy atom. The van der Waals surface area contributed by atoms with Gasteiger partial charge in [0.05, 0.1) is 16.5 Å². The molecule has 27 heavy (non-hydrogen) atoms. The van der Waals surface area contributed by atoms with E-state index in [9.17, 15) is 9.59 Å². The molecule has 6 nitrogen and oxygen atoms in total. The Morgan fingerprint density at radius 2 is 1.89 bits per heavy atom. The third kappa shape index (κ3) is 3.60. The Kier molecular flexibility index (Phi) is 5.32. The van der Waals surface area contributed by atoms with Crippen LogP contribution in [0.4, 0.5) is 5.82 Å². The molecule has 2 heterocycles. The summed E-state index contributed by atoms with van der Waals surface area (Å²) >= 11 is 1.31. The van der Waals surface area contributed by atoms with Crippen molar-refractivity contribution in [2.24, 2.45) is 0 Å². The summed E-state index contributed by atoms with van der Waals surface area (Å²) in [5, 5.41) is 4.16. The highest BCUT2D eigenvalue weighted by molar-refractivity contribution is 8.00. The van der Waals surface area contributed by atoms with Crippen molar-refractivity contribution in [3.63, 3.8) is 0 Å². The summed E-state index contributed by atoms with van der Waals surface area (Å²) in [6.07, 6.45) is 0. The highest BCUT2D eigenvalue weighted by atomic mass is 32.2. The average Bonchev–Trinajstić information content (AvgIpc) is 2.94. The summed E-state index contributed by atoms with van der Waals surface area (Å²) in [6.45, 7) is 6.95. The van der Waals surface area contributed by atoms with Crippen LogP contribution < -0.4 is 5.32 Å². The number of para-hydroxylation sites is 1. The molecule has 140 valence electrons. The molecular formula is C20H22N4O2S. The summed E-state index contributed by atoms with van der Waals surface area (Å²) in [5.74, 6) is 0.613. The van der Waals surface area contributed by atoms with E-state index in [0.717, 1.165) is 22.4 Å². The first kappa shape index (κ1) is 19.1. The fourth-order valence-electron chi connectivity index (χ4n) is 3.24. The topological polar surface area (TPSA) is 87.7 Å². The molecule has 0 amide bonds. The molecule has 0 spiro atoms. The van der Waals surface area contributed by atoms with Gasteiger partial charge in [0.15, 0.2) is 16.7 Å². The molecule has 2 N–H and O–H groups in total. The maximum atomic E-state index is 12.9. The van der Waals surface area contributed by atoms with Gasteiger partial charge in [0.25, 0.3) is 0 Å². The van der Waals surface area contributed by atoms with Crippen LogP contribution in [0.2, 0.25) is 0 Å². The van der Waals surface area contributed by atoms with Crippen molar-refractivity contribution in [3.8, 4) is 0 Å². The van der Waals surface area contributed by atoms with Crippen LogP contribution in [0.3, 0.4) is 0 Å². The molecule has 0 aliphatic carbocycles. The number of carbonyl (C=O) groups excluding carboxylic acids is 2. The Balaban J connectivity index is 1.90. The number of fused-ring (bicyclic) bond motifs is 1. The third-order valence-electron chi connectivity index (χ3n) is 4.51. The number of thioether (sulfide) groups is 1. The molecule has 0 fully saturated rings. The molecule has 3 aromatic rings. The van der Waals surface area contributed by atoms with Crippen LogP contribution in [0, 0.1) is 13.8 Å². The number of Topliss-reactive ketones (excluding diaryl/α,β-unsaturated/α-hetero) is 2. The lowest BCUT2D eigenvalue weighted by atomic mass is 10.0. The van der Waals surface area contributed by atoms with E-state index in [-0.39, 0.29) is 11.6 Å². The van der Waals surface area contributed by atoms with Gasteiger partial charge in [-0.3, -0.25) is 9.59 Å². The number of aromatic amines is 1. The minimum Gasteiger partial charge on any atom is -0.372 e. The number of rotatable bonds is 6. The number of ketones is 2. The van der Waals surface area contributed by atoms with E-state index >= 15 is 0 Å². The molecule has 1 aromatic carbocycles. The van der Waals surface area contributed by atoms with Crippen molar-refractivity contribution in [2.45, 2.75) is 38.1 Å². The van der Waals surface area contributed by atoms with Crippen LogP contribution in [0.5, 0.6) is 0 Å². The van der Waals surface area contributed by atoms with Gasteiger partial charge in [0, 0.05) is 23.7 Å². The maximum Gasteiger partial charge on any atom is 0.192 e. The zero-order valence-electron chi connectivity index (χ0n) is 16.0. The van der Waals surface area contributed by atoms with Crippen LogP contribution in [-0.2, 0) is 0 Å². The van der Waals surface area contributed by atoms with Crippen LogP contribution in [0.15, 0.2) is 29.4 Å². The van der Waals surface area contributed by atoms with Crippen molar-refractivity contribution < 1.29 is 9.59 Å². The number of carbonyl (C=O) groups is 2. The van der Waals surface area contributed by atoms with Crippen molar-refractivity contribution >= 4 is 40.0 Å². The smallest absolute Gasteiger partial charge is 0.192 e. The van der Waals surface area contributed by atoms with Gasteiger partial charge in [-0.1, -0.05) is 23.9 Å². The molecule has 2 aromatic heterocycles. The Morgan fingerprint density at radius 1 is 1.19 bits per heavy atom. The molecule has 1 atom stereocenters. The van der Waals surface area contributed by atoms with Gasteiger partial charge in [-0.15, -0.1) is 0 Å². The Hall–Kier alpha value is -2.67. The predicted octanol–water partition coefficient (Wildman–Crippen LogP) is 4.18. The Labute approximate surface area is 162 Å². The largest absolute Gasteiger partial charge is 0.372 e. The molecule has 0 aliphatic heterocycles. The second-order valence-electron chi connectivity index (χ2n) is 6.43. The first-order chi connectivity index (χ1) is 12.8. The fraction of sp³-hybridized carbons (Fsp3) is 0.300. The van der Waals surface area contributed by atoms with Crippen LogP contribution in [0.1, 0.15) is 46.0 Å². The van der Waals surface area contributed by atoms with Gasteiger partial charge in [-0.25, -0.2) is 9.97 Å². The molecule has 3 rings (SSSR count). The number of hydrogen-bond acceptors (Lipinski definition) is 6. The van der Waals surface area contributed by atoms with Crippen LogP contribution in [-0.4, -0.2) is 38.8 Å². The molecule has 0 bridgehead atoms. The molecule has 0 saturated carbocycles. The first-order valence-electron chi connectivity index (χ1n) is 8.69. The van der Waals surface area contributed by atoms with Crippen LogP contribution in [0.25, 0.3) is 10.9 Å². The fourth-order valence-corrected chi connectivity index (χ4v) is 4.07. The zero-order chi connectivity index (χ0) is 19.7. The second-order valence-corrected chi connectivity index (χ2v) is 7.74. The van der Waals surface area contributed by atoms with Crippen molar-refractivity contribution in [1.82, 2.24) is 15.0 Å². The number of nitrogens with one attached hydrogen (secondary N) is 2. The second kappa shape index (κ2) is 7.52. The van der Waals surface area contributed by atoms with Crippen molar-refractivity contribution in [3.05, 3.63) is 46.8 Å². The van der Waals surface area contributed by atoms with Gasteiger partial charge in [0.1, 0.15) is 5.82 Å². The van der Waals surface area contributed by atoms with E-state index in [0.29, 0.717) is 22.0 Å². The molecule has 0 unspecified atom stereocenters. The molecule has 0 radical (unpaired) electrons. The maximum absolute atomic E-state index is 12.9. The van der Waals surface area contributed by atoms with E-state index in [1.54, 1.807) is 6.92 Å². The highest BCUT2D eigenvalue weighted by Crippen LogP contribution is 2.29. The minimum atomic E-state index is -0.396. The normalized spacial score (nSPS) is 12.2.